The first-order valence-electron chi connectivity index (χ1n) is 5.87. The van der Waals surface area contributed by atoms with E-state index < -0.39 is 27.9 Å². The van der Waals surface area contributed by atoms with Crippen LogP contribution in [-0.4, -0.2) is 22.2 Å². The van der Waals surface area contributed by atoms with Crippen LogP contribution in [0, 0.1) is 10.1 Å². The molecule has 0 heterocycles. The van der Waals surface area contributed by atoms with Gasteiger partial charge in [0.2, 0.25) is 0 Å². The van der Waals surface area contributed by atoms with Crippen LogP contribution in [0.3, 0.4) is 0 Å². The number of aliphatic hydroxyl groups excluding tert-OH is 1. The second kappa shape index (κ2) is 5.66. The number of nitrogens with zero attached hydrogens (tertiary/aromatic N) is 1. The van der Waals surface area contributed by atoms with Gasteiger partial charge in [0.25, 0.3) is 5.69 Å². The van der Waals surface area contributed by atoms with Crippen LogP contribution >= 0.6 is 0 Å². The second-order valence-corrected chi connectivity index (χ2v) is 4.68. The zero-order chi connectivity index (χ0) is 15.6. The molecule has 0 aliphatic heterocycles. The molecule has 0 amide bonds. The van der Waals surface area contributed by atoms with E-state index in [-0.39, 0.29) is 12.3 Å². The van der Waals surface area contributed by atoms with Gasteiger partial charge in [0, 0.05) is 11.8 Å². The Balaban J connectivity index is 3.23. The molecule has 0 bridgehead atoms. The fourth-order valence-electron chi connectivity index (χ4n) is 1.59. The summed E-state index contributed by atoms with van der Waals surface area (Å²) in [6.45, 7) is 3.13. The SMILES string of the molecule is CCC(C)(CO)Nc1ccc([N+](=O)[O-])c(C(F)(F)F)c1. The predicted molar refractivity (Wildman–Crippen MR) is 67.5 cm³/mol. The highest BCUT2D eigenvalue weighted by atomic mass is 19.4. The summed E-state index contributed by atoms with van der Waals surface area (Å²) in [5.41, 5.74) is -3.03. The first-order chi connectivity index (χ1) is 9.13. The summed E-state index contributed by atoms with van der Waals surface area (Å²) in [5.74, 6) is 0. The van der Waals surface area contributed by atoms with E-state index in [1.165, 1.54) is 6.07 Å². The quantitative estimate of drug-likeness (QED) is 0.645. The number of nitro groups is 1. The highest BCUT2D eigenvalue weighted by Crippen LogP contribution is 2.38. The second-order valence-electron chi connectivity index (χ2n) is 4.68. The molecule has 5 nitrogen and oxygen atoms in total. The van der Waals surface area contributed by atoms with Gasteiger partial charge >= 0.3 is 6.18 Å². The van der Waals surface area contributed by atoms with Gasteiger partial charge in [0.15, 0.2) is 0 Å². The fourth-order valence-corrected chi connectivity index (χ4v) is 1.59. The van der Waals surface area contributed by atoms with Gasteiger partial charge in [0.1, 0.15) is 5.56 Å². The molecule has 0 aromatic heterocycles. The molecule has 0 radical (unpaired) electrons. The standard InChI is InChI=1S/C12H15F3N2O3/c1-3-11(2,7-18)16-8-4-5-10(17(19)20)9(6-8)12(13,14)15/h4-6,16,18H,3,7H2,1-2H3. The Morgan fingerprint density at radius 3 is 2.40 bits per heavy atom. The third kappa shape index (κ3) is 3.60. The predicted octanol–water partition coefficient (Wildman–Crippen LogP) is 3.19. The fraction of sp³-hybridized carbons (Fsp3) is 0.500. The maximum atomic E-state index is 12.8. The lowest BCUT2D eigenvalue weighted by atomic mass is 9.99. The van der Waals surface area contributed by atoms with Crippen LogP contribution in [0.25, 0.3) is 0 Å². The molecule has 8 heteroatoms. The van der Waals surface area contributed by atoms with Gasteiger partial charge in [-0.25, -0.2) is 0 Å². The van der Waals surface area contributed by atoms with Crippen LogP contribution < -0.4 is 5.32 Å². The van der Waals surface area contributed by atoms with Crippen molar-refractivity contribution in [3.8, 4) is 0 Å². The molecule has 1 unspecified atom stereocenters. The van der Waals surface area contributed by atoms with Crippen molar-refractivity contribution in [3.05, 3.63) is 33.9 Å². The van der Waals surface area contributed by atoms with E-state index in [1.54, 1.807) is 13.8 Å². The lowest BCUT2D eigenvalue weighted by Gasteiger charge is -2.28. The summed E-state index contributed by atoms with van der Waals surface area (Å²) in [7, 11) is 0. The number of anilines is 1. The van der Waals surface area contributed by atoms with E-state index in [1.807, 2.05) is 0 Å². The minimum atomic E-state index is -4.82. The topological polar surface area (TPSA) is 75.4 Å². The number of aliphatic hydroxyl groups is 1. The molecule has 112 valence electrons. The molecular weight excluding hydrogens is 277 g/mol. The Labute approximate surface area is 113 Å². The molecule has 1 atom stereocenters. The molecule has 20 heavy (non-hydrogen) atoms. The highest BCUT2D eigenvalue weighted by molar-refractivity contribution is 5.56. The van der Waals surface area contributed by atoms with Crippen molar-refractivity contribution in [3.63, 3.8) is 0 Å². The number of rotatable bonds is 5. The van der Waals surface area contributed by atoms with Crippen molar-refractivity contribution in [2.45, 2.75) is 32.0 Å². The maximum absolute atomic E-state index is 12.8. The number of halogens is 3. The Morgan fingerprint density at radius 2 is 2.00 bits per heavy atom. The van der Waals surface area contributed by atoms with Gasteiger partial charge in [-0.2, -0.15) is 13.2 Å². The first-order valence-corrected chi connectivity index (χ1v) is 5.87. The van der Waals surface area contributed by atoms with Gasteiger partial charge in [-0.15, -0.1) is 0 Å². The van der Waals surface area contributed by atoms with Crippen molar-refractivity contribution in [1.29, 1.82) is 0 Å². The largest absolute Gasteiger partial charge is 0.423 e. The zero-order valence-electron chi connectivity index (χ0n) is 11.0. The van der Waals surface area contributed by atoms with Crippen LogP contribution in [0.1, 0.15) is 25.8 Å². The van der Waals surface area contributed by atoms with Crippen molar-refractivity contribution in [2.75, 3.05) is 11.9 Å². The minimum Gasteiger partial charge on any atom is -0.394 e. The first kappa shape index (κ1) is 16.2. The van der Waals surface area contributed by atoms with Crippen LogP contribution in [0.2, 0.25) is 0 Å². The van der Waals surface area contributed by atoms with E-state index >= 15 is 0 Å². The summed E-state index contributed by atoms with van der Waals surface area (Å²) < 4.78 is 38.4. The third-order valence-electron chi connectivity index (χ3n) is 3.07. The van der Waals surface area contributed by atoms with Gasteiger partial charge < -0.3 is 10.4 Å². The summed E-state index contributed by atoms with van der Waals surface area (Å²) in [6, 6.07) is 2.68. The molecular formula is C12H15F3N2O3. The van der Waals surface area contributed by atoms with Crippen molar-refractivity contribution in [2.24, 2.45) is 0 Å². The molecule has 1 aromatic carbocycles. The lowest BCUT2D eigenvalue weighted by Crippen LogP contribution is -2.38. The van der Waals surface area contributed by atoms with Crippen LogP contribution in [0.15, 0.2) is 18.2 Å². The van der Waals surface area contributed by atoms with Crippen molar-refractivity contribution < 1.29 is 23.2 Å². The summed E-state index contributed by atoms with van der Waals surface area (Å²) in [4.78, 5) is 9.55. The molecule has 0 aliphatic rings. The smallest absolute Gasteiger partial charge is 0.394 e. The molecule has 0 fully saturated rings. The molecule has 2 N–H and O–H groups in total. The number of nitro benzene ring substituents is 1. The molecule has 0 spiro atoms. The molecule has 1 rings (SSSR count). The zero-order valence-corrected chi connectivity index (χ0v) is 11.0. The van der Waals surface area contributed by atoms with Gasteiger partial charge in [-0.05, 0) is 25.5 Å². The van der Waals surface area contributed by atoms with Gasteiger partial charge in [-0.1, -0.05) is 6.92 Å². The number of benzene rings is 1. The van der Waals surface area contributed by atoms with Gasteiger partial charge in [-0.3, -0.25) is 10.1 Å². The Hall–Kier alpha value is -1.83. The summed E-state index contributed by atoms with van der Waals surface area (Å²) in [5, 5.41) is 22.6. The average molecular weight is 292 g/mol. The number of hydrogen-bond donors (Lipinski definition) is 2. The van der Waals surface area contributed by atoms with Crippen LogP contribution in [0.4, 0.5) is 24.5 Å². The van der Waals surface area contributed by atoms with E-state index in [0.717, 1.165) is 6.07 Å². The minimum absolute atomic E-state index is 0.0707. The van der Waals surface area contributed by atoms with E-state index in [2.05, 4.69) is 5.32 Å². The van der Waals surface area contributed by atoms with Crippen molar-refractivity contribution >= 4 is 11.4 Å². The maximum Gasteiger partial charge on any atom is 0.423 e. The highest BCUT2D eigenvalue weighted by Gasteiger charge is 2.38. The number of alkyl halides is 3. The normalized spacial score (nSPS) is 14.7. The molecule has 1 aromatic rings. The van der Waals surface area contributed by atoms with E-state index in [4.69, 9.17) is 0 Å². The summed E-state index contributed by atoms with van der Waals surface area (Å²) in [6.07, 6.45) is -4.34. The Morgan fingerprint density at radius 1 is 1.40 bits per heavy atom. The number of nitrogens with one attached hydrogen (secondary N) is 1. The third-order valence-corrected chi connectivity index (χ3v) is 3.07. The van der Waals surface area contributed by atoms with Crippen molar-refractivity contribution in [1.82, 2.24) is 0 Å². The monoisotopic (exact) mass is 292 g/mol. The molecule has 0 saturated heterocycles. The Bertz CT molecular complexity index is 499. The molecule has 0 saturated carbocycles. The average Bonchev–Trinajstić information content (AvgIpc) is 2.37. The number of hydrogen-bond acceptors (Lipinski definition) is 4. The van der Waals surface area contributed by atoms with E-state index in [0.29, 0.717) is 12.5 Å². The lowest BCUT2D eigenvalue weighted by molar-refractivity contribution is -0.388. The van der Waals surface area contributed by atoms with Crippen LogP contribution in [-0.2, 0) is 6.18 Å². The summed E-state index contributed by atoms with van der Waals surface area (Å²) >= 11 is 0. The van der Waals surface area contributed by atoms with Crippen LogP contribution in [0.5, 0.6) is 0 Å². The van der Waals surface area contributed by atoms with Gasteiger partial charge in [0.05, 0.1) is 17.1 Å². The molecule has 0 aliphatic carbocycles. The van der Waals surface area contributed by atoms with E-state index in [9.17, 15) is 28.4 Å². The Kier molecular flexibility index (Phi) is 4.59.